The highest BCUT2D eigenvalue weighted by atomic mass is 16.5. The molecule has 1 rings (SSSR count). The Kier molecular flexibility index (Phi) is 8.89. The Bertz CT molecular complexity index is 561. The Labute approximate surface area is 141 Å². The molecule has 2 heteroatoms. The molecular weight excluding hydrogens is 284 g/mol. The van der Waals surface area contributed by atoms with Crippen LogP contribution in [0.2, 0.25) is 0 Å². The number of methoxy groups -OCH3 is 2. The first-order valence-electron chi connectivity index (χ1n) is 8.21. The zero-order valence-corrected chi connectivity index (χ0v) is 15.2. The highest BCUT2D eigenvalue weighted by molar-refractivity contribution is 5.43. The molecule has 0 amide bonds. The van der Waals surface area contributed by atoms with Crippen molar-refractivity contribution in [2.45, 2.75) is 46.5 Å². The lowest BCUT2D eigenvalue weighted by molar-refractivity contribution is 0.354. The van der Waals surface area contributed by atoms with Gasteiger partial charge >= 0.3 is 0 Å². The van der Waals surface area contributed by atoms with Crippen LogP contribution in [-0.2, 0) is 6.42 Å². The van der Waals surface area contributed by atoms with E-state index in [9.17, 15) is 0 Å². The summed E-state index contributed by atoms with van der Waals surface area (Å²) >= 11 is 0. The Morgan fingerprint density at radius 3 is 2.35 bits per heavy atom. The van der Waals surface area contributed by atoms with E-state index in [0.717, 1.165) is 37.2 Å². The van der Waals surface area contributed by atoms with Crippen molar-refractivity contribution in [1.82, 2.24) is 0 Å². The number of hydrogen-bond acceptors (Lipinski definition) is 2. The standard InChI is InChI=1S/C21H30O2/c1-17(2)10-9-12-18(3)11-7-6-8-13-19-14-15-20(22-4)21(16-19)23-5/h6,8,10-11,14-16H,7,9,12-13H2,1-5H3/b8-6+,18-11-. The molecule has 1 aromatic rings. The second kappa shape index (κ2) is 10.7. The highest BCUT2D eigenvalue weighted by Gasteiger charge is 2.03. The quantitative estimate of drug-likeness (QED) is 0.529. The van der Waals surface area contributed by atoms with Gasteiger partial charge in [0, 0.05) is 0 Å². The largest absolute Gasteiger partial charge is 0.493 e. The molecule has 23 heavy (non-hydrogen) atoms. The molecule has 1 aromatic carbocycles. The summed E-state index contributed by atoms with van der Waals surface area (Å²) in [5.74, 6) is 1.56. The molecule has 0 atom stereocenters. The first-order chi connectivity index (χ1) is 11.1. The van der Waals surface area contributed by atoms with Crippen molar-refractivity contribution in [1.29, 1.82) is 0 Å². The smallest absolute Gasteiger partial charge is 0.160 e. The van der Waals surface area contributed by atoms with E-state index < -0.39 is 0 Å². The molecule has 0 aliphatic rings. The number of benzene rings is 1. The Morgan fingerprint density at radius 1 is 0.957 bits per heavy atom. The van der Waals surface area contributed by atoms with E-state index in [2.05, 4.69) is 51.1 Å². The molecule has 126 valence electrons. The summed E-state index contributed by atoms with van der Waals surface area (Å²) in [7, 11) is 3.32. The van der Waals surface area contributed by atoms with Gasteiger partial charge in [0.25, 0.3) is 0 Å². The van der Waals surface area contributed by atoms with Crippen LogP contribution in [0, 0.1) is 0 Å². The van der Waals surface area contributed by atoms with Gasteiger partial charge in [0.15, 0.2) is 11.5 Å². The molecule has 0 aromatic heterocycles. The number of rotatable bonds is 9. The number of ether oxygens (including phenoxy) is 2. The first kappa shape index (κ1) is 19.1. The predicted molar refractivity (Wildman–Crippen MR) is 99.4 cm³/mol. The fraction of sp³-hybridized carbons (Fsp3) is 0.429. The van der Waals surface area contributed by atoms with Crippen molar-refractivity contribution in [2.24, 2.45) is 0 Å². The van der Waals surface area contributed by atoms with E-state index in [4.69, 9.17) is 9.47 Å². The van der Waals surface area contributed by atoms with Gasteiger partial charge in [0.1, 0.15) is 0 Å². The first-order valence-corrected chi connectivity index (χ1v) is 8.21. The molecular formula is C21H30O2. The summed E-state index contributed by atoms with van der Waals surface area (Å²) in [4.78, 5) is 0. The molecule has 0 saturated carbocycles. The van der Waals surface area contributed by atoms with E-state index >= 15 is 0 Å². The van der Waals surface area contributed by atoms with E-state index in [1.54, 1.807) is 14.2 Å². The fourth-order valence-corrected chi connectivity index (χ4v) is 2.28. The Hall–Kier alpha value is -1.96. The minimum Gasteiger partial charge on any atom is -0.493 e. The van der Waals surface area contributed by atoms with Crippen LogP contribution < -0.4 is 9.47 Å². The van der Waals surface area contributed by atoms with Crippen molar-refractivity contribution in [3.63, 3.8) is 0 Å². The second-order valence-corrected chi connectivity index (χ2v) is 5.97. The Morgan fingerprint density at radius 2 is 1.70 bits per heavy atom. The molecule has 0 saturated heterocycles. The monoisotopic (exact) mass is 314 g/mol. The summed E-state index contributed by atoms with van der Waals surface area (Å²) < 4.78 is 10.6. The van der Waals surface area contributed by atoms with Crippen molar-refractivity contribution in [3.8, 4) is 11.5 Å². The van der Waals surface area contributed by atoms with Crippen LogP contribution in [0.4, 0.5) is 0 Å². The SMILES string of the molecule is COc1ccc(C/C=C/C/C=C(/C)CCC=C(C)C)cc1OC. The molecule has 0 N–H and O–H groups in total. The van der Waals surface area contributed by atoms with Gasteiger partial charge in [-0.2, -0.15) is 0 Å². The zero-order valence-electron chi connectivity index (χ0n) is 15.2. The van der Waals surface area contributed by atoms with Crippen LogP contribution in [-0.4, -0.2) is 14.2 Å². The van der Waals surface area contributed by atoms with Gasteiger partial charge in [-0.25, -0.2) is 0 Å². The minimum atomic E-state index is 0.773. The molecule has 0 bridgehead atoms. The molecule has 0 unspecified atom stereocenters. The van der Waals surface area contributed by atoms with Gasteiger partial charge in [-0.1, -0.05) is 41.5 Å². The molecule has 0 radical (unpaired) electrons. The third kappa shape index (κ3) is 7.73. The topological polar surface area (TPSA) is 18.5 Å². The number of hydrogen-bond donors (Lipinski definition) is 0. The third-order valence-electron chi connectivity index (χ3n) is 3.66. The fourth-order valence-electron chi connectivity index (χ4n) is 2.28. The third-order valence-corrected chi connectivity index (χ3v) is 3.66. The Balaban J connectivity index is 2.43. The molecule has 0 fully saturated rings. The second-order valence-electron chi connectivity index (χ2n) is 5.97. The van der Waals surface area contributed by atoms with Gasteiger partial charge in [0.2, 0.25) is 0 Å². The van der Waals surface area contributed by atoms with Crippen molar-refractivity contribution in [2.75, 3.05) is 14.2 Å². The molecule has 0 heterocycles. The van der Waals surface area contributed by atoms with Crippen LogP contribution in [0.1, 0.15) is 45.6 Å². The van der Waals surface area contributed by atoms with Crippen LogP contribution in [0.5, 0.6) is 11.5 Å². The maximum Gasteiger partial charge on any atom is 0.160 e. The van der Waals surface area contributed by atoms with E-state index in [1.807, 2.05) is 12.1 Å². The molecule has 0 aliphatic carbocycles. The lowest BCUT2D eigenvalue weighted by Gasteiger charge is -2.08. The van der Waals surface area contributed by atoms with Crippen LogP contribution in [0.3, 0.4) is 0 Å². The van der Waals surface area contributed by atoms with Crippen LogP contribution in [0.15, 0.2) is 53.6 Å². The van der Waals surface area contributed by atoms with E-state index in [1.165, 1.54) is 16.7 Å². The number of allylic oxidation sites excluding steroid dienone is 6. The average Bonchev–Trinajstić information content (AvgIpc) is 2.53. The van der Waals surface area contributed by atoms with Crippen LogP contribution >= 0.6 is 0 Å². The normalized spacial score (nSPS) is 11.6. The van der Waals surface area contributed by atoms with Gasteiger partial charge in [-0.15, -0.1) is 0 Å². The molecule has 2 nitrogen and oxygen atoms in total. The van der Waals surface area contributed by atoms with Gasteiger partial charge in [-0.05, 0) is 64.2 Å². The molecule has 0 spiro atoms. The average molecular weight is 314 g/mol. The summed E-state index contributed by atoms with van der Waals surface area (Å²) in [5.41, 5.74) is 4.08. The predicted octanol–water partition coefficient (Wildman–Crippen LogP) is 5.89. The highest BCUT2D eigenvalue weighted by Crippen LogP contribution is 2.27. The van der Waals surface area contributed by atoms with Gasteiger partial charge in [0.05, 0.1) is 14.2 Å². The summed E-state index contributed by atoms with van der Waals surface area (Å²) in [6.45, 7) is 6.51. The minimum absolute atomic E-state index is 0.773. The summed E-state index contributed by atoms with van der Waals surface area (Å²) in [6, 6.07) is 6.06. The maximum atomic E-state index is 5.33. The van der Waals surface area contributed by atoms with Crippen molar-refractivity contribution in [3.05, 3.63) is 59.2 Å². The lowest BCUT2D eigenvalue weighted by atomic mass is 10.1. The van der Waals surface area contributed by atoms with Gasteiger partial charge < -0.3 is 9.47 Å². The van der Waals surface area contributed by atoms with Crippen LogP contribution in [0.25, 0.3) is 0 Å². The summed E-state index contributed by atoms with van der Waals surface area (Å²) in [5, 5.41) is 0. The maximum absolute atomic E-state index is 5.33. The van der Waals surface area contributed by atoms with E-state index in [0.29, 0.717) is 0 Å². The molecule has 0 aliphatic heterocycles. The zero-order chi connectivity index (χ0) is 17.1. The summed E-state index contributed by atoms with van der Waals surface area (Å²) in [6.07, 6.45) is 13.2. The van der Waals surface area contributed by atoms with E-state index in [-0.39, 0.29) is 0 Å². The van der Waals surface area contributed by atoms with Gasteiger partial charge in [-0.3, -0.25) is 0 Å². The lowest BCUT2D eigenvalue weighted by Crippen LogP contribution is -1.91. The van der Waals surface area contributed by atoms with Crippen molar-refractivity contribution < 1.29 is 9.47 Å². The van der Waals surface area contributed by atoms with Crippen molar-refractivity contribution >= 4 is 0 Å².